The molecule has 0 unspecified atom stereocenters. The molecule has 27 heavy (non-hydrogen) atoms. The van der Waals surface area contributed by atoms with Gasteiger partial charge in [0.05, 0.1) is 6.54 Å². The molecule has 2 amide bonds. The number of benzene rings is 1. The summed E-state index contributed by atoms with van der Waals surface area (Å²) in [6, 6.07) is 6.16. The summed E-state index contributed by atoms with van der Waals surface area (Å²) in [5, 5.41) is 0. The van der Waals surface area contributed by atoms with Crippen molar-refractivity contribution in [3.05, 3.63) is 29.3 Å². The Hall–Kier alpha value is -2.08. The first-order chi connectivity index (χ1) is 13.1. The predicted octanol–water partition coefficient (Wildman–Crippen LogP) is 1.52. The average molecular weight is 371 g/mol. The van der Waals surface area contributed by atoms with Gasteiger partial charge in [0.1, 0.15) is 12.4 Å². The van der Waals surface area contributed by atoms with Gasteiger partial charge in [-0.1, -0.05) is 12.1 Å². The van der Waals surface area contributed by atoms with Gasteiger partial charge >= 0.3 is 0 Å². The van der Waals surface area contributed by atoms with E-state index in [1.165, 1.54) is 0 Å². The van der Waals surface area contributed by atoms with Crippen LogP contribution in [0.2, 0.25) is 0 Å². The molecule has 4 rings (SSSR count). The number of nitrogens with zero attached hydrogens (tertiary/aromatic N) is 3. The van der Waals surface area contributed by atoms with Gasteiger partial charge in [0.25, 0.3) is 0 Å². The highest BCUT2D eigenvalue weighted by molar-refractivity contribution is 5.81. The number of hydrogen-bond acceptors (Lipinski definition) is 4. The summed E-state index contributed by atoms with van der Waals surface area (Å²) in [7, 11) is 2.09. The molecule has 3 aliphatic rings. The third kappa shape index (κ3) is 4.43. The van der Waals surface area contributed by atoms with E-state index in [2.05, 4.69) is 24.1 Å². The van der Waals surface area contributed by atoms with Crippen molar-refractivity contribution >= 4 is 11.8 Å². The van der Waals surface area contributed by atoms with Crippen molar-refractivity contribution in [2.75, 3.05) is 46.4 Å². The Kier molecular flexibility index (Phi) is 5.34. The fraction of sp³-hybridized carbons (Fsp3) is 0.619. The molecule has 0 radical (unpaired) electrons. The maximum Gasteiger partial charge on any atom is 0.226 e. The molecule has 146 valence electrons. The zero-order valence-electron chi connectivity index (χ0n) is 16.2. The summed E-state index contributed by atoms with van der Waals surface area (Å²) in [5.74, 6) is 1.60. The van der Waals surface area contributed by atoms with Crippen LogP contribution in [0.15, 0.2) is 18.2 Å². The highest BCUT2D eigenvalue weighted by Gasteiger charge is 2.34. The Morgan fingerprint density at radius 3 is 2.59 bits per heavy atom. The van der Waals surface area contributed by atoms with Crippen molar-refractivity contribution in [2.45, 2.75) is 32.2 Å². The third-order valence-corrected chi connectivity index (χ3v) is 5.83. The minimum atomic E-state index is 0.232. The molecule has 2 aliphatic heterocycles. The minimum absolute atomic E-state index is 0.232. The number of carbonyl (C=O) groups is 2. The van der Waals surface area contributed by atoms with E-state index in [0.717, 1.165) is 62.3 Å². The quantitative estimate of drug-likeness (QED) is 0.805. The summed E-state index contributed by atoms with van der Waals surface area (Å²) < 4.78 is 5.84. The molecule has 6 nitrogen and oxygen atoms in total. The van der Waals surface area contributed by atoms with Crippen LogP contribution in [0.4, 0.5) is 0 Å². The summed E-state index contributed by atoms with van der Waals surface area (Å²) in [6.45, 7) is 5.37. The van der Waals surface area contributed by atoms with Crippen molar-refractivity contribution < 1.29 is 14.3 Å². The molecule has 2 heterocycles. The highest BCUT2D eigenvalue weighted by Crippen LogP contribution is 2.33. The van der Waals surface area contributed by atoms with E-state index < -0.39 is 0 Å². The first kappa shape index (κ1) is 18.3. The second-order valence-electron chi connectivity index (χ2n) is 8.01. The zero-order valence-corrected chi connectivity index (χ0v) is 16.2. The van der Waals surface area contributed by atoms with E-state index in [1.54, 1.807) is 0 Å². The fourth-order valence-corrected chi connectivity index (χ4v) is 3.84. The van der Waals surface area contributed by atoms with Crippen molar-refractivity contribution in [3.63, 3.8) is 0 Å². The molecular weight excluding hydrogens is 342 g/mol. The van der Waals surface area contributed by atoms with Gasteiger partial charge < -0.3 is 19.4 Å². The molecule has 1 aromatic carbocycles. The number of carbonyl (C=O) groups excluding carboxylic acids is 2. The Morgan fingerprint density at radius 1 is 1.07 bits per heavy atom. The summed E-state index contributed by atoms with van der Waals surface area (Å²) in [5.41, 5.74) is 2.20. The molecular formula is C21H29N3O3. The Balaban J connectivity index is 1.37. The number of amides is 2. The van der Waals surface area contributed by atoms with Crippen LogP contribution in [0.5, 0.6) is 5.75 Å². The van der Waals surface area contributed by atoms with E-state index >= 15 is 0 Å². The number of piperazine rings is 1. The van der Waals surface area contributed by atoms with Gasteiger partial charge in [-0.05, 0) is 37.9 Å². The molecule has 0 spiro atoms. The number of aryl methyl sites for hydroxylation is 1. The number of likely N-dealkylation sites (N-methyl/N-ethyl adjacent to an activating group) is 1. The van der Waals surface area contributed by atoms with E-state index in [1.807, 2.05) is 15.9 Å². The minimum Gasteiger partial charge on any atom is -0.491 e. The van der Waals surface area contributed by atoms with Gasteiger partial charge in [0.2, 0.25) is 11.8 Å². The molecule has 0 N–H and O–H groups in total. The summed E-state index contributed by atoms with van der Waals surface area (Å²) in [4.78, 5) is 31.1. The van der Waals surface area contributed by atoms with Crippen molar-refractivity contribution in [3.8, 4) is 5.75 Å². The first-order valence-corrected chi connectivity index (χ1v) is 10.1. The zero-order chi connectivity index (χ0) is 18.8. The largest absolute Gasteiger partial charge is 0.491 e. The van der Waals surface area contributed by atoms with Gasteiger partial charge in [0.15, 0.2) is 0 Å². The monoisotopic (exact) mass is 371 g/mol. The van der Waals surface area contributed by atoms with Crippen LogP contribution >= 0.6 is 0 Å². The van der Waals surface area contributed by atoms with Crippen LogP contribution in [0.25, 0.3) is 0 Å². The lowest BCUT2D eigenvalue weighted by molar-refractivity contribution is -0.133. The van der Waals surface area contributed by atoms with Crippen LogP contribution < -0.4 is 4.74 Å². The third-order valence-electron chi connectivity index (χ3n) is 5.83. The molecule has 2 fully saturated rings. The Bertz CT molecular complexity index is 709. The number of hydrogen-bond donors (Lipinski definition) is 0. The van der Waals surface area contributed by atoms with E-state index in [4.69, 9.17) is 4.74 Å². The smallest absolute Gasteiger partial charge is 0.226 e. The molecule has 0 aromatic heterocycles. The fourth-order valence-electron chi connectivity index (χ4n) is 3.84. The Labute approximate surface area is 161 Å². The molecule has 6 heteroatoms. The topological polar surface area (TPSA) is 53.1 Å². The summed E-state index contributed by atoms with van der Waals surface area (Å²) in [6.07, 6.45) is 3.32. The maximum atomic E-state index is 12.5. The lowest BCUT2D eigenvalue weighted by atomic mass is 10.0. The average Bonchev–Trinajstić information content (AvgIpc) is 3.52. The molecule has 1 saturated heterocycles. The van der Waals surface area contributed by atoms with Crippen LogP contribution in [-0.2, 0) is 22.6 Å². The summed E-state index contributed by atoms with van der Waals surface area (Å²) >= 11 is 0. The van der Waals surface area contributed by atoms with Crippen LogP contribution in [0.1, 0.15) is 30.4 Å². The predicted molar refractivity (Wildman–Crippen MR) is 102 cm³/mol. The molecule has 1 aliphatic carbocycles. The second-order valence-corrected chi connectivity index (χ2v) is 8.01. The standard InChI is InChI=1S/C21H29N3O3/c1-22-8-10-23(11-9-22)20(25)7-3-16-2-6-19-18(14-16)15-24(12-13-27-19)21(26)17-4-5-17/h2,6,14,17H,3-5,7-13,15H2,1H3. The Morgan fingerprint density at radius 2 is 1.85 bits per heavy atom. The van der Waals surface area contributed by atoms with Crippen molar-refractivity contribution in [1.82, 2.24) is 14.7 Å². The normalized spacial score (nSPS) is 20.6. The van der Waals surface area contributed by atoms with Gasteiger partial charge in [-0.3, -0.25) is 9.59 Å². The van der Waals surface area contributed by atoms with E-state index in [0.29, 0.717) is 26.1 Å². The van der Waals surface area contributed by atoms with Crippen molar-refractivity contribution in [2.24, 2.45) is 5.92 Å². The lowest BCUT2D eigenvalue weighted by Gasteiger charge is -2.32. The maximum absolute atomic E-state index is 12.5. The molecule has 1 aromatic rings. The second kappa shape index (κ2) is 7.89. The first-order valence-electron chi connectivity index (χ1n) is 10.1. The van der Waals surface area contributed by atoms with Gasteiger partial charge in [0, 0.05) is 50.6 Å². The van der Waals surface area contributed by atoms with Crippen LogP contribution in [-0.4, -0.2) is 72.9 Å². The molecule has 0 bridgehead atoms. The van der Waals surface area contributed by atoms with Crippen LogP contribution in [0, 0.1) is 5.92 Å². The highest BCUT2D eigenvalue weighted by atomic mass is 16.5. The number of rotatable bonds is 4. The van der Waals surface area contributed by atoms with Crippen LogP contribution in [0.3, 0.4) is 0 Å². The number of fused-ring (bicyclic) bond motifs is 1. The van der Waals surface area contributed by atoms with E-state index in [9.17, 15) is 9.59 Å². The van der Waals surface area contributed by atoms with Gasteiger partial charge in [-0.2, -0.15) is 0 Å². The van der Waals surface area contributed by atoms with Gasteiger partial charge in [-0.15, -0.1) is 0 Å². The van der Waals surface area contributed by atoms with Crippen molar-refractivity contribution in [1.29, 1.82) is 0 Å². The van der Waals surface area contributed by atoms with E-state index in [-0.39, 0.29) is 17.7 Å². The molecule has 1 saturated carbocycles. The SMILES string of the molecule is CN1CCN(C(=O)CCc2ccc3c(c2)CN(C(=O)C2CC2)CCO3)CC1. The lowest BCUT2D eigenvalue weighted by Crippen LogP contribution is -2.47. The molecule has 0 atom stereocenters. The van der Waals surface area contributed by atoms with Gasteiger partial charge in [-0.25, -0.2) is 0 Å². The number of ether oxygens (including phenoxy) is 1.